The average molecular weight is 724 g/mol. The number of likely N-dealkylation sites (tertiary alicyclic amines) is 1. The van der Waals surface area contributed by atoms with E-state index in [2.05, 4.69) is 22.2 Å². The number of benzene rings is 2. The predicted octanol–water partition coefficient (Wildman–Crippen LogP) is 4.18. The number of alkyl halides is 4. The van der Waals surface area contributed by atoms with Crippen molar-refractivity contribution in [3.8, 4) is 17.6 Å². The van der Waals surface area contributed by atoms with Crippen LogP contribution in [0.5, 0.6) is 5.75 Å². The van der Waals surface area contributed by atoms with E-state index in [9.17, 15) is 31.2 Å². The predicted molar refractivity (Wildman–Crippen MR) is 178 cm³/mol. The lowest BCUT2D eigenvalue weighted by atomic mass is 9.96. The number of fused-ring (bicyclic) bond motifs is 1. The Morgan fingerprint density at radius 2 is 1.94 bits per heavy atom. The van der Waals surface area contributed by atoms with Crippen molar-refractivity contribution in [1.29, 1.82) is 0 Å². The van der Waals surface area contributed by atoms with E-state index in [4.69, 9.17) is 19.3 Å². The lowest BCUT2D eigenvalue weighted by Gasteiger charge is -2.34. The van der Waals surface area contributed by atoms with Gasteiger partial charge in [0.25, 0.3) is 0 Å². The number of nitrogens with zero attached hydrogens (tertiary/aromatic N) is 3. The number of esters is 2. The van der Waals surface area contributed by atoms with Crippen LogP contribution in [0.4, 0.5) is 28.9 Å². The number of aliphatic imine (C=N–C) groups is 1. The summed E-state index contributed by atoms with van der Waals surface area (Å²) < 4.78 is 96.0. The van der Waals surface area contributed by atoms with E-state index < -0.39 is 52.9 Å². The molecule has 2 aromatic carbocycles. The number of anilines is 1. The molecule has 270 valence electrons. The normalized spacial score (nSPS) is 17.6. The highest BCUT2D eigenvalue weighted by Gasteiger charge is 2.31. The summed E-state index contributed by atoms with van der Waals surface area (Å²) in [6.07, 6.45) is -4.82. The number of methoxy groups -OCH3 is 1. The second-order valence-corrected chi connectivity index (χ2v) is 13.1. The van der Waals surface area contributed by atoms with Gasteiger partial charge < -0.3 is 24.1 Å². The lowest BCUT2D eigenvalue weighted by Crippen LogP contribution is -2.47. The number of rotatable bonds is 12. The molecule has 17 heteroatoms. The number of ether oxygens (including phenoxy) is 3. The number of carbonyl (C=O) groups excluding carboxylic acids is 2. The van der Waals surface area contributed by atoms with Crippen LogP contribution in [0.1, 0.15) is 26.0 Å². The number of piperidine rings is 1. The van der Waals surface area contributed by atoms with Crippen LogP contribution < -0.4 is 15.2 Å². The summed E-state index contributed by atoms with van der Waals surface area (Å²) in [4.78, 5) is 28.8. The highest BCUT2D eigenvalue weighted by molar-refractivity contribution is 7.89. The number of aromatic nitrogens is 1. The van der Waals surface area contributed by atoms with Crippen LogP contribution in [-0.4, -0.2) is 94.4 Å². The Morgan fingerprint density at radius 1 is 1.18 bits per heavy atom. The fourth-order valence-electron chi connectivity index (χ4n) is 5.46. The minimum atomic E-state index is -4.56. The van der Waals surface area contributed by atoms with Crippen molar-refractivity contribution in [3.05, 3.63) is 48.2 Å². The van der Waals surface area contributed by atoms with Crippen molar-refractivity contribution in [3.63, 3.8) is 0 Å². The number of carbonyl (C=O) groups is 2. The first-order chi connectivity index (χ1) is 23.5. The molecule has 1 aliphatic heterocycles. The number of halogens is 4. The monoisotopic (exact) mass is 723 g/mol. The van der Waals surface area contributed by atoms with Crippen LogP contribution in [0.15, 0.2) is 52.4 Å². The third-order valence-electron chi connectivity index (χ3n) is 7.69. The fraction of sp³-hybridized carbons (Fsp3) is 0.424. The number of hydrogen-bond acceptors (Lipinski definition) is 10. The quantitative estimate of drug-likeness (QED) is 0.121. The minimum Gasteiger partial charge on any atom is -0.495 e. The largest absolute Gasteiger partial charge is 0.495 e. The summed E-state index contributed by atoms with van der Waals surface area (Å²) in [7, 11) is -2.63. The maximum atomic E-state index is 15.3. The van der Waals surface area contributed by atoms with Gasteiger partial charge in [0.1, 0.15) is 31.2 Å². The second kappa shape index (κ2) is 16.4. The zero-order chi connectivity index (χ0) is 36.6. The molecule has 50 heavy (non-hydrogen) atoms. The highest BCUT2D eigenvalue weighted by Crippen LogP contribution is 2.32. The number of hydrogen-bond donors (Lipinski definition) is 2. The topological polar surface area (TPSA) is 155 Å². The molecule has 4 rings (SSSR count). The minimum absolute atomic E-state index is 0.0105. The summed E-state index contributed by atoms with van der Waals surface area (Å²) in [5, 5.41) is 8.51. The zero-order valence-electron chi connectivity index (χ0n) is 27.5. The van der Waals surface area contributed by atoms with E-state index in [-0.39, 0.29) is 48.1 Å². The van der Waals surface area contributed by atoms with Crippen LogP contribution in [0, 0.1) is 17.8 Å². The van der Waals surface area contributed by atoms with E-state index in [1.807, 2.05) is 0 Å². The molecule has 1 fully saturated rings. The van der Waals surface area contributed by atoms with E-state index in [1.54, 1.807) is 17.0 Å². The van der Waals surface area contributed by atoms with Gasteiger partial charge in [0, 0.05) is 50.5 Å². The molecule has 0 amide bonds. The van der Waals surface area contributed by atoms with Crippen LogP contribution in [0.25, 0.3) is 10.9 Å². The summed E-state index contributed by atoms with van der Waals surface area (Å²) in [5.74, 6) is 4.07. The van der Waals surface area contributed by atoms with Crippen molar-refractivity contribution in [2.75, 3.05) is 45.2 Å². The molecule has 1 unspecified atom stereocenters. The molecular weight excluding hydrogens is 686 g/mol. The van der Waals surface area contributed by atoms with Crippen molar-refractivity contribution in [2.24, 2.45) is 16.0 Å². The molecule has 0 bridgehead atoms. The van der Waals surface area contributed by atoms with Gasteiger partial charge in [0.05, 0.1) is 41.1 Å². The summed E-state index contributed by atoms with van der Waals surface area (Å²) in [6.45, 7) is 1.60. The zero-order valence-corrected chi connectivity index (χ0v) is 28.3. The summed E-state index contributed by atoms with van der Waals surface area (Å²) in [5.41, 5.74) is 1.05. The van der Waals surface area contributed by atoms with Gasteiger partial charge in [-0.15, -0.1) is 0 Å². The average Bonchev–Trinajstić information content (AvgIpc) is 3.36. The third-order valence-corrected chi connectivity index (χ3v) is 8.60. The molecular formula is C33H37F4N5O7S. The molecule has 0 radical (unpaired) electrons. The van der Waals surface area contributed by atoms with Crippen molar-refractivity contribution in [1.82, 2.24) is 9.47 Å². The Kier molecular flexibility index (Phi) is 12.5. The van der Waals surface area contributed by atoms with Crippen LogP contribution in [0.3, 0.4) is 0 Å². The standard InChI is InChI=1S/C33H37F4N5O7S/c1-21(43)48-19-25(49-22(2)44)17-41-13-11-23(28(34)18-41)16-40-29-7-4-8-31-27(29)14-24(42(31)20-33(35,36)37)6-5-12-39-30-10-9-26(50(38,45)46)15-32(30)47-3/h4,7-10,14-16,23,25,28,39H,11-13,17-20H2,1-3H3,(H2,38,45,46)/t23?,25-,28+/m1/s1. The Balaban J connectivity index is 1.50. The Bertz CT molecular complexity index is 1900. The molecule has 3 atom stereocenters. The molecule has 12 nitrogen and oxygen atoms in total. The summed E-state index contributed by atoms with van der Waals surface area (Å²) >= 11 is 0. The highest BCUT2D eigenvalue weighted by atomic mass is 32.2. The van der Waals surface area contributed by atoms with Crippen molar-refractivity contribution >= 4 is 50.5 Å². The van der Waals surface area contributed by atoms with Gasteiger partial charge in [-0.2, -0.15) is 13.2 Å². The van der Waals surface area contributed by atoms with Gasteiger partial charge in [-0.3, -0.25) is 19.5 Å². The Hall–Kier alpha value is -4.66. The molecule has 1 saturated heterocycles. The first-order valence-corrected chi connectivity index (χ1v) is 16.9. The van der Waals surface area contributed by atoms with Gasteiger partial charge >= 0.3 is 18.1 Å². The Labute approximate surface area is 286 Å². The van der Waals surface area contributed by atoms with E-state index in [0.717, 1.165) is 4.57 Å². The SMILES string of the molecule is COc1cc(S(N)(=O)=O)ccc1NCC#Cc1cc2c(N=CC3CCN(C[C@H](COC(C)=O)OC(C)=O)C[C@@H]3F)cccc2n1CC(F)(F)F. The fourth-order valence-corrected chi connectivity index (χ4v) is 5.98. The van der Waals surface area contributed by atoms with Gasteiger partial charge in [-0.1, -0.05) is 12.0 Å². The number of primary sulfonamides is 1. The molecule has 1 aliphatic rings. The smallest absolute Gasteiger partial charge is 0.406 e. The van der Waals surface area contributed by atoms with Crippen molar-refractivity contribution in [2.45, 2.75) is 50.2 Å². The first kappa shape index (κ1) is 38.1. The van der Waals surface area contributed by atoms with Gasteiger partial charge in [-0.05, 0) is 49.2 Å². The molecule has 0 aliphatic carbocycles. The molecule has 0 saturated carbocycles. The van der Waals surface area contributed by atoms with E-state index >= 15 is 4.39 Å². The Morgan fingerprint density at radius 3 is 2.58 bits per heavy atom. The lowest BCUT2D eigenvalue weighted by molar-refractivity contribution is -0.157. The maximum Gasteiger partial charge on any atom is 0.406 e. The summed E-state index contributed by atoms with van der Waals surface area (Å²) in [6, 6.07) is 10.1. The molecule has 0 spiro atoms. The van der Waals surface area contributed by atoms with Gasteiger partial charge in [0.2, 0.25) is 10.0 Å². The number of sulfonamides is 1. The third kappa shape index (κ3) is 10.7. The number of nitrogens with one attached hydrogen (secondary N) is 1. The van der Waals surface area contributed by atoms with Crippen LogP contribution in [0.2, 0.25) is 0 Å². The van der Waals surface area contributed by atoms with Crippen molar-refractivity contribution < 1.29 is 49.8 Å². The number of nitrogens with two attached hydrogens (primary N) is 1. The van der Waals surface area contributed by atoms with Gasteiger partial charge in [-0.25, -0.2) is 17.9 Å². The maximum absolute atomic E-state index is 15.3. The van der Waals surface area contributed by atoms with Crippen LogP contribution in [-0.2, 0) is 35.6 Å². The first-order valence-electron chi connectivity index (χ1n) is 15.4. The molecule has 3 N–H and O–H groups in total. The van der Waals surface area contributed by atoms with Crippen LogP contribution >= 0.6 is 0 Å². The molecule has 3 aromatic rings. The van der Waals surface area contributed by atoms with E-state index in [1.165, 1.54) is 57.5 Å². The molecule has 2 heterocycles. The van der Waals surface area contributed by atoms with E-state index in [0.29, 0.717) is 29.7 Å². The van der Waals surface area contributed by atoms with Gasteiger partial charge in [0.15, 0.2) is 0 Å². The second-order valence-electron chi connectivity index (χ2n) is 11.5. The molecule has 1 aromatic heterocycles.